The molecule has 0 bridgehead atoms. The highest BCUT2D eigenvalue weighted by Gasteiger charge is 2.54. The molecule has 0 saturated carbocycles. The number of carboxylic acids is 1. The van der Waals surface area contributed by atoms with E-state index in [2.05, 4.69) is 0 Å². The van der Waals surface area contributed by atoms with Crippen LogP contribution in [0, 0.1) is 10.1 Å². The van der Waals surface area contributed by atoms with Gasteiger partial charge in [-0.1, -0.05) is 36.4 Å². The summed E-state index contributed by atoms with van der Waals surface area (Å²) in [7, 11) is 0. The molecule has 1 aliphatic rings. The fourth-order valence-electron chi connectivity index (χ4n) is 1.94. The Morgan fingerprint density at radius 2 is 2.12 bits per heavy atom. The van der Waals surface area contributed by atoms with Gasteiger partial charge in [-0.15, -0.1) is 0 Å². The minimum atomic E-state index is -2.04. The summed E-state index contributed by atoms with van der Waals surface area (Å²) in [6, 6.07) is 6.50. The predicted molar refractivity (Wildman–Crippen MR) is 56.4 cm³/mol. The van der Waals surface area contributed by atoms with Gasteiger partial charge < -0.3 is 5.11 Å². The Morgan fingerprint density at radius 1 is 1.44 bits per heavy atom. The number of nitrogens with zero attached hydrogens (tertiary/aromatic N) is 1. The summed E-state index contributed by atoms with van der Waals surface area (Å²) < 4.78 is 0. The van der Waals surface area contributed by atoms with Gasteiger partial charge in [0.1, 0.15) is 0 Å². The van der Waals surface area contributed by atoms with E-state index >= 15 is 0 Å². The topological polar surface area (TPSA) is 80.4 Å². The molecule has 0 saturated heterocycles. The van der Waals surface area contributed by atoms with Crippen molar-refractivity contribution in [1.82, 2.24) is 0 Å². The molecule has 0 spiro atoms. The molecule has 0 aliphatic heterocycles. The van der Waals surface area contributed by atoms with E-state index in [0.29, 0.717) is 5.56 Å². The molecule has 0 radical (unpaired) electrons. The molecule has 0 heterocycles. The Bertz CT molecular complexity index is 479. The van der Waals surface area contributed by atoms with Gasteiger partial charge in [0.25, 0.3) is 0 Å². The number of rotatable bonds is 2. The molecule has 5 heteroatoms. The summed E-state index contributed by atoms with van der Waals surface area (Å²) >= 11 is 0. The van der Waals surface area contributed by atoms with Crippen LogP contribution < -0.4 is 0 Å². The normalized spacial score (nSPS) is 22.5. The van der Waals surface area contributed by atoms with Crippen LogP contribution in [0.5, 0.6) is 0 Å². The second-order valence-electron chi connectivity index (χ2n) is 3.62. The molecular formula is C11H9NO4. The summed E-state index contributed by atoms with van der Waals surface area (Å²) in [5.41, 5.74) is -1.20. The van der Waals surface area contributed by atoms with Crippen LogP contribution >= 0.6 is 0 Å². The van der Waals surface area contributed by atoms with E-state index in [1.54, 1.807) is 24.3 Å². The third-order valence-corrected chi connectivity index (χ3v) is 2.78. The van der Waals surface area contributed by atoms with Crippen LogP contribution in [0.15, 0.2) is 30.3 Å². The first kappa shape index (κ1) is 10.4. The molecule has 1 unspecified atom stereocenters. The fraction of sp³-hybridized carbons (Fsp3) is 0.182. The molecule has 0 amide bonds. The van der Waals surface area contributed by atoms with Gasteiger partial charge in [-0.25, -0.2) is 4.79 Å². The first-order valence-electron chi connectivity index (χ1n) is 4.73. The summed E-state index contributed by atoms with van der Waals surface area (Å²) in [5.74, 6) is -1.42. The average Bonchev–Trinajstić information content (AvgIpc) is 2.27. The highest BCUT2D eigenvalue weighted by atomic mass is 16.6. The zero-order chi connectivity index (χ0) is 11.8. The Morgan fingerprint density at radius 3 is 2.75 bits per heavy atom. The van der Waals surface area contributed by atoms with Gasteiger partial charge >= 0.3 is 11.5 Å². The van der Waals surface area contributed by atoms with E-state index in [4.69, 9.17) is 5.11 Å². The van der Waals surface area contributed by atoms with Crippen molar-refractivity contribution in [3.63, 3.8) is 0 Å². The van der Waals surface area contributed by atoms with Crippen molar-refractivity contribution < 1.29 is 14.8 Å². The summed E-state index contributed by atoms with van der Waals surface area (Å²) in [6.07, 6.45) is 3.12. The number of carboxylic acid groups (broad SMARTS) is 1. The molecule has 1 atom stereocenters. The zero-order valence-electron chi connectivity index (χ0n) is 8.29. The zero-order valence-corrected chi connectivity index (χ0v) is 8.29. The molecule has 1 aromatic rings. The van der Waals surface area contributed by atoms with Gasteiger partial charge in [0.2, 0.25) is 0 Å². The van der Waals surface area contributed by atoms with Crippen molar-refractivity contribution in [2.75, 3.05) is 0 Å². The number of nitro groups is 1. The van der Waals surface area contributed by atoms with E-state index in [0.717, 1.165) is 0 Å². The van der Waals surface area contributed by atoms with Gasteiger partial charge in [0.05, 0.1) is 6.42 Å². The van der Waals surface area contributed by atoms with Gasteiger partial charge in [-0.05, 0) is 5.56 Å². The predicted octanol–water partition coefficient (Wildman–Crippen LogP) is 1.66. The molecule has 2 rings (SSSR count). The van der Waals surface area contributed by atoms with E-state index in [1.807, 2.05) is 0 Å². The number of benzene rings is 1. The first-order valence-corrected chi connectivity index (χ1v) is 4.73. The summed E-state index contributed by atoms with van der Waals surface area (Å²) in [6.45, 7) is 0. The van der Waals surface area contributed by atoms with E-state index < -0.39 is 16.4 Å². The van der Waals surface area contributed by atoms with E-state index in [1.165, 1.54) is 12.1 Å². The highest BCUT2D eigenvalue weighted by Crippen LogP contribution is 2.36. The maximum Gasteiger partial charge on any atom is 0.387 e. The van der Waals surface area contributed by atoms with Gasteiger partial charge in [0, 0.05) is 10.5 Å². The van der Waals surface area contributed by atoms with Crippen LogP contribution in [0.3, 0.4) is 0 Å². The van der Waals surface area contributed by atoms with Gasteiger partial charge in [-0.2, -0.15) is 0 Å². The van der Waals surface area contributed by atoms with Crippen LogP contribution in [0.2, 0.25) is 0 Å². The molecular weight excluding hydrogens is 210 g/mol. The third-order valence-electron chi connectivity index (χ3n) is 2.78. The lowest BCUT2D eigenvalue weighted by atomic mass is 9.80. The standard InChI is InChI=1S/C11H9NO4/c13-10(14)11(12(15)16)7-3-5-8-4-1-2-6-9(8)11/h1-6H,7H2,(H,13,14). The summed E-state index contributed by atoms with van der Waals surface area (Å²) in [4.78, 5) is 21.6. The van der Waals surface area contributed by atoms with Crippen LogP contribution in [0.4, 0.5) is 0 Å². The Balaban J connectivity index is 2.71. The maximum atomic E-state index is 11.2. The maximum absolute atomic E-state index is 11.2. The average molecular weight is 219 g/mol. The molecule has 0 aromatic heterocycles. The lowest BCUT2D eigenvalue weighted by molar-refractivity contribution is -0.563. The second-order valence-corrected chi connectivity index (χ2v) is 3.62. The van der Waals surface area contributed by atoms with Crippen molar-refractivity contribution in [1.29, 1.82) is 0 Å². The molecule has 1 aromatic carbocycles. The third kappa shape index (κ3) is 1.21. The summed E-state index contributed by atoms with van der Waals surface area (Å²) in [5, 5.41) is 20.2. The van der Waals surface area contributed by atoms with Crippen LogP contribution in [-0.4, -0.2) is 16.0 Å². The molecule has 1 aliphatic carbocycles. The SMILES string of the molecule is O=C(O)C1([N+](=O)[O-])CC=Cc2ccccc21. The second kappa shape index (κ2) is 3.44. The molecule has 1 N–H and O–H groups in total. The van der Waals surface area contributed by atoms with Crippen LogP contribution in [-0.2, 0) is 10.3 Å². The lowest BCUT2D eigenvalue weighted by Crippen LogP contribution is -2.44. The largest absolute Gasteiger partial charge is 0.476 e. The quantitative estimate of drug-likeness (QED) is 0.605. The van der Waals surface area contributed by atoms with Crippen LogP contribution in [0.1, 0.15) is 17.5 Å². The lowest BCUT2D eigenvalue weighted by Gasteiger charge is -2.24. The minimum Gasteiger partial charge on any atom is -0.476 e. The number of hydrogen-bond acceptors (Lipinski definition) is 3. The van der Waals surface area contributed by atoms with Crippen LogP contribution in [0.25, 0.3) is 6.08 Å². The molecule has 0 fully saturated rings. The Labute approximate surface area is 91.2 Å². The molecule has 5 nitrogen and oxygen atoms in total. The number of aliphatic carboxylic acids is 1. The van der Waals surface area contributed by atoms with Crippen molar-refractivity contribution in [2.24, 2.45) is 0 Å². The Hall–Kier alpha value is -2.17. The van der Waals surface area contributed by atoms with Crippen molar-refractivity contribution in [3.05, 3.63) is 51.6 Å². The highest BCUT2D eigenvalue weighted by molar-refractivity contribution is 5.82. The van der Waals surface area contributed by atoms with Gasteiger partial charge in [-0.3, -0.25) is 10.1 Å². The van der Waals surface area contributed by atoms with Crippen molar-refractivity contribution in [2.45, 2.75) is 12.0 Å². The monoisotopic (exact) mass is 219 g/mol. The number of hydrogen-bond donors (Lipinski definition) is 1. The van der Waals surface area contributed by atoms with E-state index in [9.17, 15) is 14.9 Å². The van der Waals surface area contributed by atoms with E-state index in [-0.39, 0.29) is 12.0 Å². The van der Waals surface area contributed by atoms with Crippen molar-refractivity contribution in [3.8, 4) is 0 Å². The fourth-order valence-corrected chi connectivity index (χ4v) is 1.94. The molecule has 82 valence electrons. The smallest absolute Gasteiger partial charge is 0.387 e. The minimum absolute atomic E-state index is 0.119. The number of carbonyl (C=O) groups is 1. The first-order chi connectivity index (χ1) is 7.59. The Kier molecular flexibility index (Phi) is 2.23. The number of fused-ring (bicyclic) bond motifs is 1. The van der Waals surface area contributed by atoms with Crippen molar-refractivity contribution >= 4 is 12.0 Å². The van der Waals surface area contributed by atoms with Gasteiger partial charge in [0.15, 0.2) is 0 Å². The molecule has 16 heavy (non-hydrogen) atoms.